The van der Waals surface area contributed by atoms with E-state index in [-0.39, 0.29) is 5.91 Å². The molecule has 2 N–H and O–H groups in total. The summed E-state index contributed by atoms with van der Waals surface area (Å²) in [6, 6.07) is 5.77. The zero-order chi connectivity index (χ0) is 15.5. The van der Waals surface area contributed by atoms with E-state index in [0.717, 1.165) is 53.7 Å². The molecule has 1 aromatic carbocycles. The second-order valence-corrected chi connectivity index (χ2v) is 6.46. The molecule has 5 nitrogen and oxygen atoms in total. The molecule has 3 rings (SSSR count). The lowest BCUT2D eigenvalue weighted by Gasteiger charge is -2.26. The van der Waals surface area contributed by atoms with Crippen molar-refractivity contribution in [2.75, 3.05) is 39.3 Å². The van der Waals surface area contributed by atoms with Crippen molar-refractivity contribution in [3.8, 4) is 0 Å². The predicted octanol–water partition coefficient (Wildman–Crippen LogP) is 2.14. The lowest BCUT2D eigenvalue weighted by Crippen LogP contribution is -2.46. The fraction of sp³-hybridized carbons (Fsp3) is 0.438. The summed E-state index contributed by atoms with van der Waals surface area (Å²) in [5.41, 5.74) is 1.63. The average Bonchev–Trinajstić information content (AvgIpc) is 2.85. The van der Waals surface area contributed by atoms with Crippen molar-refractivity contribution in [3.63, 3.8) is 0 Å². The second-order valence-electron chi connectivity index (χ2n) is 5.54. The highest BCUT2D eigenvalue weighted by Crippen LogP contribution is 2.27. The fourth-order valence-corrected chi connectivity index (χ4v) is 3.11. The Kier molecular flexibility index (Phi) is 4.81. The van der Waals surface area contributed by atoms with E-state index in [1.807, 2.05) is 25.1 Å². The number of rotatable bonds is 4. The van der Waals surface area contributed by atoms with Crippen LogP contribution in [-0.4, -0.2) is 50.1 Å². The molecule has 118 valence electrons. The Labute approximate surface area is 138 Å². The van der Waals surface area contributed by atoms with E-state index in [0.29, 0.717) is 12.3 Å². The van der Waals surface area contributed by atoms with Gasteiger partial charge in [0.1, 0.15) is 5.58 Å². The van der Waals surface area contributed by atoms with Gasteiger partial charge >= 0.3 is 0 Å². The van der Waals surface area contributed by atoms with Crippen LogP contribution in [0.1, 0.15) is 16.1 Å². The topological polar surface area (TPSA) is 57.5 Å². The molecule has 0 unspecified atom stereocenters. The molecule has 0 spiro atoms. The molecule has 1 fully saturated rings. The standard InChI is InChI=1S/C16H20BrN3O2/c1-11-13-10-12(17)2-3-14(13)22-15(11)16(21)19-6-9-20-7-4-18-5-8-20/h2-3,10,18H,4-9H2,1H3,(H,19,21). The first-order valence-electron chi connectivity index (χ1n) is 7.55. The lowest BCUT2D eigenvalue weighted by molar-refractivity contribution is 0.0921. The van der Waals surface area contributed by atoms with Gasteiger partial charge in [0, 0.05) is 54.7 Å². The Morgan fingerprint density at radius 2 is 2.18 bits per heavy atom. The summed E-state index contributed by atoms with van der Waals surface area (Å²) < 4.78 is 6.68. The largest absolute Gasteiger partial charge is 0.451 e. The van der Waals surface area contributed by atoms with Crippen LogP contribution in [0, 0.1) is 6.92 Å². The van der Waals surface area contributed by atoms with E-state index in [2.05, 4.69) is 31.5 Å². The van der Waals surface area contributed by atoms with Crippen molar-refractivity contribution in [2.24, 2.45) is 0 Å². The first-order chi connectivity index (χ1) is 10.6. The van der Waals surface area contributed by atoms with E-state index in [4.69, 9.17) is 4.42 Å². The van der Waals surface area contributed by atoms with E-state index >= 15 is 0 Å². The van der Waals surface area contributed by atoms with Gasteiger partial charge in [-0.2, -0.15) is 0 Å². The smallest absolute Gasteiger partial charge is 0.287 e. The normalized spacial score (nSPS) is 16.1. The fourth-order valence-electron chi connectivity index (χ4n) is 2.75. The van der Waals surface area contributed by atoms with Crippen molar-refractivity contribution < 1.29 is 9.21 Å². The van der Waals surface area contributed by atoms with Crippen molar-refractivity contribution in [2.45, 2.75) is 6.92 Å². The van der Waals surface area contributed by atoms with Gasteiger partial charge in [-0.3, -0.25) is 9.69 Å². The summed E-state index contributed by atoms with van der Waals surface area (Å²) in [4.78, 5) is 14.7. The summed E-state index contributed by atoms with van der Waals surface area (Å²) >= 11 is 3.45. The van der Waals surface area contributed by atoms with E-state index < -0.39 is 0 Å². The second kappa shape index (κ2) is 6.81. The number of carbonyl (C=O) groups is 1. The summed E-state index contributed by atoms with van der Waals surface area (Å²) in [5, 5.41) is 7.25. The molecule has 0 aliphatic carbocycles. The Bertz CT molecular complexity index is 677. The van der Waals surface area contributed by atoms with E-state index in [9.17, 15) is 4.79 Å². The minimum Gasteiger partial charge on any atom is -0.451 e. The Morgan fingerprint density at radius 3 is 2.95 bits per heavy atom. The van der Waals surface area contributed by atoms with Crippen LogP contribution < -0.4 is 10.6 Å². The van der Waals surface area contributed by atoms with Crippen molar-refractivity contribution in [1.82, 2.24) is 15.5 Å². The number of benzene rings is 1. The number of hydrogen-bond donors (Lipinski definition) is 2. The maximum Gasteiger partial charge on any atom is 0.287 e. The third-order valence-electron chi connectivity index (χ3n) is 4.03. The van der Waals surface area contributed by atoms with Crippen LogP contribution >= 0.6 is 15.9 Å². The maximum absolute atomic E-state index is 12.3. The molecule has 1 aromatic heterocycles. The van der Waals surface area contributed by atoms with Gasteiger partial charge in [0.25, 0.3) is 5.91 Å². The molecule has 6 heteroatoms. The molecule has 1 aliphatic heterocycles. The van der Waals surface area contributed by atoms with Gasteiger partial charge in [0.05, 0.1) is 0 Å². The number of halogens is 1. The highest BCUT2D eigenvalue weighted by atomic mass is 79.9. The molecular formula is C16H20BrN3O2. The van der Waals surface area contributed by atoms with E-state index in [1.165, 1.54) is 0 Å². The molecule has 22 heavy (non-hydrogen) atoms. The number of furan rings is 1. The first kappa shape index (κ1) is 15.5. The van der Waals surface area contributed by atoms with Gasteiger partial charge in [-0.15, -0.1) is 0 Å². The number of carbonyl (C=O) groups excluding carboxylic acids is 1. The molecule has 2 heterocycles. The average molecular weight is 366 g/mol. The van der Waals surface area contributed by atoms with Crippen LogP contribution in [0.4, 0.5) is 0 Å². The van der Waals surface area contributed by atoms with Crippen LogP contribution in [0.25, 0.3) is 11.0 Å². The quantitative estimate of drug-likeness (QED) is 0.871. The van der Waals surface area contributed by atoms with E-state index in [1.54, 1.807) is 0 Å². The highest BCUT2D eigenvalue weighted by Gasteiger charge is 2.18. The van der Waals surface area contributed by atoms with Crippen molar-refractivity contribution in [3.05, 3.63) is 34.0 Å². The third kappa shape index (κ3) is 3.34. The number of amides is 1. The molecule has 1 amide bonds. The van der Waals surface area contributed by atoms with Crippen LogP contribution in [0.15, 0.2) is 27.1 Å². The number of nitrogens with one attached hydrogen (secondary N) is 2. The first-order valence-corrected chi connectivity index (χ1v) is 8.34. The third-order valence-corrected chi connectivity index (χ3v) is 4.52. The number of piperazine rings is 1. The number of nitrogens with zero attached hydrogens (tertiary/aromatic N) is 1. The Hall–Kier alpha value is -1.37. The Balaban J connectivity index is 1.63. The van der Waals surface area contributed by atoms with Gasteiger partial charge < -0.3 is 15.1 Å². The zero-order valence-corrected chi connectivity index (χ0v) is 14.2. The summed E-state index contributed by atoms with van der Waals surface area (Å²) in [6.07, 6.45) is 0. The van der Waals surface area contributed by atoms with Gasteiger partial charge in [0.15, 0.2) is 5.76 Å². The number of fused-ring (bicyclic) bond motifs is 1. The minimum atomic E-state index is -0.139. The number of aryl methyl sites for hydroxylation is 1. The van der Waals surface area contributed by atoms with Crippen LogP contribution in [-0.2, 0) is 0 Å². The molecule has 1 saturated heterocycles. The maximum atomic E-state index is 12.3. The summed E-state index contributed by atoms with van der Waals surface area (Å²) in [6.45, 7) is 7.54. The predicted molar refractivity (Wildman–Crippen MR) is 90.3 cm³/mol. The van der Waals surface area contributed by atoms with Crippen LogP contribution in [0.2, 0.25) is 0 Å². The molecule has 0 saturated carbocycles. The van der Waals surface area contributed by atoms with Crippen molar-refractivity contribution in [1.29, 1.82) is 0 Å². The molecule has 2 aromatic rings. The zero-order valence-electron chi connectivity index (χ0n) is 12.6. The molecule has 0 atom stereocenters. The summed E-state index contributed by atoms with van der Waals surface area (Å²) in [7, 11) is 0. The lowest BCUT2D eigenvalue weighted by atomic mass is 10.1. The number of hydrogen-bond acceptors (Lipinski definition) is 4. The van der Waals surface area contributed by atoms with Crippen molar-refractivity contribution >= 4 is 32.8 Å². The van der Waals surface area contributed by atoms with Gasteiger partial charge in [0.2, 0.25) is 0 Å². The highest BCUT2D eigenvalue weighted by molar-refractivity contribution is 9.10. The molecule has 0 radical (unpaired) electrons. The SMILES string of the molecule is Cc1c(C(=O)NCCN2CCNCC2)oc2ccc(Br)cc12. The van der Waals surface area contributed by atoms with Gasteiger partial charge in [-0.05, 0) is 25.1 Å². The minimum absolute atomic E-state index is 0.139. The van der Waals surface area contributed by atoms with Gasteiger partial charge in [-0.1, -0.05) is 15.9 Å². The monoisotopic (exact) mass is 365 g/mol. The summed E-state index contributed by atoms with van der Waals surface area (Å²) in [5.74, 6) is 0.272. The Morgan fingerprint density at radius 1 is 1.41 bits per heavy atom. The molecule has 1 aliphatic rings. The molecular weight excluding hydrogens is 346 g/mol. The van der Waals surface area contributed by atoms with Crippen LogP contribution in [0.3, 0.4) is 0 Å². The van der Waals surface area contributed by atoms with Crippen LogP contribution in [0.5, 0.6) is 0 Å². The molecule has 0 bridgehead atoms. The van der Waals surface area contributed by atoms with Gasteiger partial charge in [-0.25, -0.2) is 0 Å².